The van der Waals surface area contributed by atoms with Gasteiger partial charge in [-0.2, -0.15) is 0 Å². The number of nitrogens with zero attached hydrogens (tertiary/aromatic N) is 4. The van der Waals surface area contributed by atoms with E-state index < -0.39 is 32.9 Å². The normalized spacial score (nSPS) is 14.1. The molecule has 0 aliphatic carbocycles. The van der Waals surface area contributed by atoms with E-state index in [0.717, 1.165) is 44.1 Å². The highest BCUT2D eigenvalue weighted by Crippen LogP contribution is 2.34. The number of rotatable bonds is 6. The maximum Gasteiger partial charge on any atom is 0.267 e. The number of benzene rings is 2. The van der Waals surface area contributed by atoms with Gasteiger partial charge in [-0.25, -0.2) is 32.2 Å². The van der Waals surface area contributed by atoms with Crippen molar-refractivity contribution in [1.29, 1.82) is 0 Å². The fraction of sp³-hybridized carbons (Fsp3) is 0.240. The summed E-state index contributed by atoms with van der Waals surface area (Å²) in [7, 11) is -3.13. The monoisotopic (exact) mass is 545 g/mol. The van der Waals surface area contributed by atoms with Crippen LogP contribution in [0.4, 0.5) is 20.4 Å². The molecule has 0 atom stereocenters. The van der Waals surface area contributed by atoms with Crippen molar-refractivity contribution in [3.05, 3.63) is 65.4 Å². The zero-order valence-electron chi connectivity index (χ0n) is 19.7. The van der Waals surface area contributed by atoms with Crippen molar-refractivity contribution in [2.75, 3.05) is 29.8 Å². The van der Waals surface area contributed by atoms with Crippen LogP contribution in [0.2, 0.25) is 5.02 Å². The quantitative estimate of drug-likeness (QED) is 0.345. The number of anilines is 2. The predicted octanol–water partition coefficient (Wildman–Crippen LogP) is 5.42. The smallest absolute Gasteiger partial charge is 0.267 e. The van der Waals surface area contributed by atoms with Crippen molar-refractivity contribution in [2.24, 2.45) is 0 Å². The molecule has 1 fully saturated rings. The van der Waals surface area contributed by atoms with E-state index in [-0.39, 0.29) is 21.4 Å². The third kappa shape index (κ3) is 5.01. The molecule has 5 rings (SSSR count). The van der Waals surface area contributed by atoms with E-state index in [1.54, 1.807) is 24.4 Å². The number of sulfonamides is 1. The van der Waals surface area contributed by atoms with Gasteiger partial charge in [-0.05, 0) is 55.2 Å². The van der Waals surface area contributed by atoms with Crippen LogP contribution in [0.3, 0.4) is 0 Å². The van der Waals surface area contributed by atoms with Crippen molar-refractivity contribution in [1.82, 2.24) is 15.0 Å². The lowest BCUT2D eigenvalue weighted by atomic mass is 10.0. The molecule has 0 spiro atoms. The van der Waals surface area contributed by atoms with Crippen molar-refractivity contribution in [2.45, 2.75) is 24.2 Å². The molecule has 3 heterocycles. The molecule has 4 aromatic rings. The summed E-state index contributed by atoms with van der Waals surface area (Å²) in [5, 5.41) is 0.640. The summed E-state index contributed by atoms with van der Waals surface area (Å²) in [5.74, 6) is -1.53. The molecular weight excluding hydrogens is 524 g/mol. The Morgan fingerprint density at radius 1 is 1.03 bits per heavy atom. The lowest BCUT2D eigenvalue weighted by Gasteiger charge is -2.26. The average molecular weight is 546 g/mol. The zero-order chi connectivity index (χ0) is 26.2. The maximum absolute atomic E-state index is 15.6. The Bertz CT molecular complexity index is 1600. The van der Waals surface area contributed by atoms with Crippen LogP contribution in [0, 0.1) is 11.6 Å². The fourth-order valence-electron chi connectivity index (χ4n) is 4.28. The molecule has 0 saturated carbocycles. The van der Waals surface area contributed by atoms with Crippen molar-refractivity contribution in [3.63, 3.8) is 0 Å². The van der Waals surface area contributed by atoms with E-state index in [0.29, 0.717) is 16.9 Å². The number of pyridine rings is 1. The van der Waals surface area contributed by atoms with E-state index >= 15 is 4.39 Å². The fourth-order valence-corrected chi connectivity index (χ4v) is 5.70. The summed E-state index contributed by atoms with van der Waals surface area (Å²) in [4.78, 5) is 14.6. The first-order valence-electron chi connectivity index (χ1n) is 11.5. The summed E-state index contributed by atoms with van der Waals surface area (Å²) in [5.41, 5.74) is 0.00559. The average Bonchev–Trinajstić information content (AvgIpc) is 2.90. The molecule has 1 aliphatic rings. The lowest BCUT2D eigenvalue weighted by Crippen LogP contribution is -2.30. The first kappa shape index (κ1) is 25.1. The molecule has 1 saturated heterocycles. The standard InChI is InChI=1S/C25H22ClF2N5O3S/c1-36-24-21(12-17(26)14-29-24)37(34,35)32-20-8-6-18(27)22(23(20)28)15-5-7-19-16(11-15)13-30-25(31-19)33-9-3-2-4-10-33/h5-8,11-14,32H,2-4,9-10H2,1H3. The molecule has 0 bridgehead atoms. The first-order valence-corrected chi connectivity index (χ1v) is 13.4. The largest absolute Gasteiger partial charge is 0.480 e. The Hall–Kier alpha value is -3.57. The van der Waals surface area contributed by atoms with Gasteiger partial charge in [0.25, 0.3) is 10.0 Å². The number of halogens is 3. The molecular formula is C25H22ClF2N5O3S. The number of hydrogen-bond acceptors (Lipinski definition) is 7. The van der Waals surface area contributed by atoms with Gasteiger partial charge < -0.3 is 9.64 Å². The summed E-state index contributed by atoms with van der Waals surface area (Å²) >= 11 is 5.89. The van der Waals surface area contributed by atoms with E-state index in [9.17, 15) is 12.8 Å². The highest BCUT2D eigenvalue weighted by Gasteiger charge is 2.25. The predicted molar refractivity (Wildman–Crippen MR) is 138 cm³/mol. The van der Waals surface area contributed by atoms with Crippen LogP contribution >= 0.6 is 11.6 Å². The molecule has 1 N–H and O–H groups in total. The van der Waals surface area contributed by atoms with Gasteiger partial charge in [0.05, 0.1) is 28.9 Å². The van der Waals surface area contributed by atoms with Crippen LogP contribution in [0.1, 0.15) is 19.3 Å². The van der Waals surface area contributed by atoms with E-state index in [4.69, 9.17) is 16.3 Å². The Balaban J connectivity index is 1.50. The number of fused-ring (bicyclic) bond motifs is 1. The Morgan fingerprint density at radius 2 is 1.81 bits per heavy atom. The number of ether oxygens (including phenoxy) is 1. The molecule has 37 heavy (non-hydrogen) atoms. The molecule has 192 valence electrons. The molecule has 0 radical (unpaired) electrons. The SMILES string of the molecule is COc1ncc(Cl)cc1S(=O)(=O)Nc1ccc(F)c(-c2ccc3nc(N4CCCCC4)ncc3c2)c1F. The van der Waals surface area contributed by atoms with Gasteiger partial charge in [0.15, 0.2) is 10.7 Å². The van der Waals surface area contributed by atoms with Crippen LogP contribution in [0.25, 0.3) is 22.0 Å². The minimum Gasteiger partial charge on any atom is -0.480 e. The Labute approximate surface area is 217 Å². The number of piperidine rings is 1. The molecule has 12 heteroatoms. The van der Waals surface area contributed by atoms with Crippen LogP contribution < -0.4 is 14.4 Å². The third-order valence-corrected chi connectivity index (χ3v) is 7.66. The van der Waals surface area contributed by atoms with Crippen LogP contribution in [0.5, 0.6) is 5.88 Å². The number of hydrogen-bond donors (Lipinski definition) is 1. The molecule has 0 amide bonds. The molecule has 2 aromatic heterocycles. The van der Waals surface area contributed by atoms with Gasteiger partial charge in [-0.15, -0.1) is 0 Å². The second kappa shape index (κ2) is 10.1. The lowest BCUT2D eigenvalue weighted by molar-refractivity contribution is 0.385. The van der Waals surface area contributed by atoms with E-state index in [2.05, 4.69) is 24.6 Å². The van der Waals surface area contributed by atoms with Crippen LogP contribution in [0.15, 0.2) is 53.7 Å². The van der Waals surface area contributed by atoms with Crippen molar-refractivity contribution < 1.29 is 21.9 Å². The van der Waals surface area contributed by atoms with Gasteiger partial charge in [-0.1, -0.05) is 17.7 Å². The second-order valence-corrected chi connectivity index (χ2v) is 10.6. The summed E-state index contributed by atoms with van der Waals surface area (Å²) < 4.78 is 63.5. The van der Waals surface area contributed by atoms with Gasteiger partial charge in [0.1, 0.15) is 5.82 Å². The van der Waals surface area contributed by atoms with E-state index in [1.807, 2.05) is 0 Å². The Kier molecular flexibility index (Phi) is 6.82. The molecule has 0 unspecified atom stereocenters. The minimum atomic E-state index is -4.37. The van der Waals surface area contributed by atoms with Gasteiger partial charge in [0, 0.05) is 30.9 Å². The topological polar surface area (TPSA) is 97.3 Å². The third-order valence-electron chi connectivity index (χ3n) is 6.10. The van der Waals surface area contributed by atoms with Crippen LogP contribution in [-0.4, -0.2) is 43.6 Å². The summed E-state index contributed by atoms with van der Waals surface area (Å²) in [6.45, 7) is 1.78. The minimum absolute atomic E-state index is 0.0447. The van der Waals surface area contributed by atoms with Crippen molar-refractivity contribution in [3.8, 4) is 17.0 Å². The van der Waals surface area contributed by atoms with E-state index in [1.165, 1.54) is 19.7 Å². The van der Waals surface area contributed by atoms with Gasteiger partial charge in [-0.3, -0.25) is 4.72 Å². The highest BCUT2D eigenvalue weighted by atomic mass is 35.5. The summed E-state index contributed by atoms with van der Waals surface area (Å²) in [6, 6.07) is 7.89. The second-order valence-electron chi connectivity index (χ2n) is 8.54. The highest BCUT2D eigenvalue weighted by molar-refractivity contribution is 7.92. The maximum atomic E-state index is 15.6. The Morgan fingerprint density at radius 3 is 2.57 bits per heavy atom. The molecule has 1 aliphatic heterocycles. The number of methoxy groups -OCH3 is 1. The number of nitrogens with one attached hydrogen (secondary N) is 1. The van der Waals surface area contributed by atoms with Gasteiger partial charge >= 0.3 is 0 Å². The van der Waals surface area contributed by atoms with Gasteiger partial charge in [0.2, 0.25) is 11.8 Å². The first-order chi connectivity index (χ1) is 17.8. The molecule has 8 nitrogen and oxygen atoms in total. The molecule has 2 aromatic carbocycles. The zero-order valence-corrected chi connectivity index (χ0v) is 21.3. The summed E-state index contributed by atoms with van der Waals surface area (Å²) in [6.07, 6.45) is 6.19. The van der Waals surface area contributed by atoms with Crippen molar-refractivity contribution >= 4 is 44.2 Å². The van der Waals surface area contributed by atoms with Crippen LogP contribution in [-0.2, 0) is 10.0 Å². The number of aromatic nitrogens is 3.